The molecule has 1 saturated heterocycles. The maximum Gasteiger partial charge on any atom is 0.257 e. The van der Waals surface area contributed by atoms with Crippen LogP contribution in [0.15, 0.2) is 18.2 Å². The van der Waals surface area contributed by atoms with Gasteiger partial charge in [-0.3, -0.25) is 9.59 Å². The van der Waals surface area contributed by atoms with Crippen LogP contribution in [0.3, 0.4) is 0 Å². The van der Waals surface area contributed by atoms with Crippen molar-refractivity contribution in [3.63, 3.8) is 0 Å². The number of nitrogens with zero attached hydrogens (tertiary/aromatic N) is 2. The van der Waals surface area contributed by atoms with Crippen molar-refractivity contribution in [1.29, 1.82) is 0 Å². The van der Waals surface area contributed by atoms with Crippen LogP contribution < -0.4 is 14.8 Å². The number of carbonyl (C=O) groups excluding carboxylic acids is 2. The number of hydrogen-bond donors (Lipinski definition) is 1. The summed E-state index contributed by atoms with van der Waals surface area (Å²) in [5, 5.41) is 2.97. The molecule has 0 aliphatic carbocycles. The SMILES string of the molecule is CNCCC(=O)N1CCN(C(=O)c2ccc(OC)cc2OC)CC1.Cl. The fourth-order valence-electron chi connectivity index (χ4n) is 2.69. The smallest absolute Gasteiger partial charge is 0.257 e. The van der Waals surface area contributed by atoms with Crippen LogP contribution in [0.1, 0.15) is 16.8 Å². The van der Waals surface area contributed by atoms with Crippen molar-refractivity contribution in [1.82, 2.24) is 15.1 Å². The summed E-state index contributed by atoms with van der Waals surface area (Å²) in [6, 6.07) is 5.16. The van der Waals surface area contributed by atoms with E-state index in [0.29, 0.717) is 56.2 Å². The molecule has 0 spiro atoms. The topological polar surface area (TPSA) is 71.1 Å². The summed E-state index contributed by atoms with van der Waals surface area (Å²) in [6.07, 6.45) is 0.483. The number of hydrogen-bond acceptors (Lipinski definition) is 5. The molecule has 0 saturated carbocycles. The van der Waals surface area contributed by atoms with Gasteiger partial charge < -0.3 is 24.6 Å². The van der Waals surface area contributed by atoms with E-state index in [-0.39, 0.29) is 24.2 Å². The molecular weight excluding hydrogens is 346 g/mol. The van der Waals surface area contributed by atoms with Gasteiger partial charge in [-0.25, -0.2) is 0 Å². The van der Waals surface area contributed by atoms with Crippen molar-refractivity contribution in [3.8, 4) is 11.5 Å². The maximum absolute atomic E-state index is 12.7. The molecule has 25 heavy (non-hydrogen) atoms. The van der Waals surface area contributed by atoms with Crippen LogP contribution in [0.5, 0.6) is 11.5 Å². The molecule has 1 aromatic rings. The van der Waals surface area contributed by atoms with Gasteiger partial charge in [0.2, 0.25) is 5.91 Å². The average molecular weight is 372 g/mol. The summed E-state index contributed by atoms with van der Waals surface area (Å²) < 4.78 is 10.5. The lowest BCUT2D eigenvalue weighted by Gasteiger charge is -2.35. The molecule has 1 aliphatic heterocycles. The van der Waals surface area contributed by atoms with Gasteiger partial charge >= 0.3 is 0 Å². The fourth-order valence-corrected chi connectivity index (χ4v) is 2.69. The molecule has 0 atom stereocenters. The van der Waals surface area contributed by atoms with E-state index in [2.05, 4.69) is 5.32 Å². The monoisotopic (exact) mass is 371 g/mol. The number of carbonyl (C=O) groups is 2. The molecule has 1 N–H and O–H groups in total. The Kier molecular flexibility index (Phi) is 8.51. The van der Waals surface area contributed by atoms with Crippen molar-refractivity contribution in [2.45, 2.75) is 6.42 Å². The second kappa shape index (κ2) is 10.1. The summed E-state index contributed by atoms with van der Waals surface area (Å²) in [7, 11) is 4.93. The molecule has 0 radical (unpaired) electrons. The van der Waals surface area contributed by atoms with Gasteiger partial charge in [0.1, 0.15) is 11.5 Å². The normalized spacial score (nSPS) is 13.9. The predicted molar refractivity (Wildman–Crippen MR) is 97.8 cm³/mol. The Hall–Kier alpha value is -1.99. The van der Waals surface area contributed by atoms with Crippen molar-refractivity contribution >= 4 is 24.2 Å². The molecule has 140 valence electrons. The van der Waals surface area contributed by atoms with Gasteiger partial charge in [-0.05, 0) is 19.2 Å². The van der Waals surface area contributed by atoms with Crippen molar-refractivity contribution in [2.75, 3.05) is 54.0 Å². The van der Waals surface area contributed by atoms with E-state index < -0.39 is 0 Å². The van der Waals surface area contributed by atoms with Crippen LogP contribution >= 0.6 is 12.4 Å². The summed E-state index contributed by atoms with van der Waals surface area (Å²) in [4.78, 5) is 28.3. The molecule has 1 aliphatic rings. The number of ether oxygens (including phenoxy) is 2. The summed E-state index contributed by atoms with van der Waals surface area (Å²) in [6.45, 7) is 2.85. The van der Waals surface area contributed by atoms with E-state index in [4.69, 9.17) is 9.47 Å². The van der Waals surface area contributed by atoms with Gasteiger partial charge in [0.25, 0.3) is 5.91 Å². The summed E-state index contributed by atoms with van der Waals surface area (Å²) in [5.41, 5.74) is 0.508. The first kappa shape index (κ1) is 21.1. The third-order valence-electron chi connectivity index (χ3n) is 4.15. The lowest BCUT2D eigenvalue weighted by Crippen LogP contribution is -2.50. The number of amides is 2. The van der Waals surface area contributed by atoms with Crippen LogP contribution in [0.25, 0.3) is 0 Å². The molecular formula is C17H26ClN3O4. The van der Waals surface area contributed by atoms with Crippen LogP contribution in [0.4, 0.5) is 0 Å². The van der Waals surface area contributed by atoms with E-state index in [1.165, 1.54) is 7.11 Å². The Labute approximate surface area is 154 Å². The van der Waals surface area contributed by atoms with Gasteiger partial charge in [-0.15, -0.1) is 12.4 Å². The van der Waals surface area contributed by atoms with Crippen LogP contribution in [0.2, 0.25) is 0 Å². The molecule has 1 fully saturated rings. The molecule has 2 amide bonds. The highest BCUT2D eigenvalue weighted by Gasteiger charge is 2.26. The highest BCUT2D eigenvalue weighted by atomic mass is 35.5. The highest BCUT2D eigenvalue weighted by molar-refractivity contribution is 5.97. The fraction of sp³-hybridized carbons (Fsp3) is 0.529. The number of benzene rings is 1. The second-order valence-corrected chi connectivity index (χ2v) is 5.59. The number of rotatable bonds is 6. The van der Waals surface area contributed by atoms with E-state index in [9.17, 15) is 9.59 Å². The third-order valence-corrected chi connectivity index (χ3v) is 4.15. The molecule has 0 unspecified atom stereocenters. The molecule has 2 rings (SSSR count). The molecule has 7 nitrogen and oxygen atoms in total. The first-order valence-electron chi connectivity index (χ1n) is 8.04. The quantitative estimate of drug-likeness (QED) is 0.808. The summed E-state index contributed by atoms with van der Waals surface area (Å²) >= 11 is 0. The Morgan fingerprint density at radius 3 is 2.28 bits per heavy atom. The molecule has 0 bridgehead atoms. The second-order valence-electron chi connectivity index (χ2n) is 5.59. The van der Waals surface area contributed by atoms with Gasteiger partial charge in [0, 0.05) is 45.2 Å². The lowest BCUT2D eigenvalue weighted by atomic mass is 10.1. The molecule has 1 heterocycles. The van der Waals surface area contributed by atoms with E-state index in [1.54, 1.807) is 30.2 Å². The van der Waals surface area contributed by atoms with Gasteiger partial charge in [0.05, 0.1) is 19.8 Å². The number of methoxy groups -OCH3 is 2. The average Bonchev–Trinajstić information content (AvgIpc) is 2.65. The van der Waals surface area contributed by atoms with Crippen molar-refractivity contribution in [2.24, 2.45) is 0 Å². The van der Waals surface area contributed by atoms with Gasteiger partial charge in [0.15, 0.2) is 0 Å². The van der Waals surface area contributed by atoms with Gasteiger partial charge in [-0.2, -0.15) is 0 Å². The van der Waals surface area contributed by atoms with E-state index >= 15 is 0 Å². The Morgan fingerprint density at radius 2 is 1.72 bits per heavy atom. The Balaban J connectivity index is 0.00000312. The number of piperazine rings is 1. The van der Waals surface area contributed by atoms with E-state index in [1.807, 2.05) is 11.9 Å². The zero-order chi connectivity index (χ0) is 17.5. The largest absolute Gasteiger partial charge is 0.497 e. The summed E-state index contributed by atoms with van der Waals surface area (Å²) in [5.74, 6) is 1.17. The number of nitrogens with one attached hydrogen (secondary N) is 1. The maximum atomic E-state index is 12.7. The van der Waals surface area contributed by atoms with E-state index in [0.717, 1.165) is 0 Å². The zero-order valence-corrected chi connectivity index (χ0v) is 15.7. The van der Waals surface area contributed by atoms with Crippen LogP contribution in [-0.2, 0) is 4.79 Å². The van der Waals surface area contributed by atoms with Gasteiger partial charge in [-0.1, -0.05) is 0 Å². The minimum absolute atomic E-state index is 0. The third kappa shape index (κ3) is 5.24. The molecule has 0 aromatic heterocycles. The predicted octanol–water partition coefficient (Wildman–Crippen LogP) is 1.02. The molecule has 1 aromatic carbocycles. The van der Waals surface area contributed by atoms with Crippen molar-refractivity contribution in [3.05, 3.63) is 23.8 Å². The highest BCUT2D eigenvalue weighted by Crippen LogP contribution is 2.26. The number of halogens is 1. The minimum Gasteiger partial charge on any atom is -0.497 e. The zero-order valence-electron chi connectivity index (χ0n) is 14.9. The first-order valence-corrected chi connectivity index (χ1v) is 8.04. The molecule has 8 heteroatoms. The lowest BCUT2D eigenvalue weighted by molar-refractivity contribution is -0.132. The Morgan fingerprint density at radius 1 is 1.08 bits per heavy atom. The van der Waals surface area contributed by atoms with Crippen molar-refractivity contribution < 1.29 is 19.1 Å². The Bertz CT molecular complexity index is 589. The first-order chi connectivity index (χ1) is 11.6. The standard InChI is InChI=1S/C17H25N3O4.ClH/c1-18-7-6-16(21)19-8-10-20(11-9-19)17(22)14-5-4-13(23-2)12-15(14)24-3;/h4-5,12,18H,6-11H2,1-3H3;1H. The van der Waals surface area contributed by atoms with Crippen LogP contribution in [0, 0.1) is 0 Å². The minimum atomic E-state index is -0.0863. The van der Waals surface area contributed by atoms with Crippen LogP contribution in [-0.4, -0.2) is 75.6 Å².